The summed E-state index contributed by atoms with van der Waals surface area (Å²) >= 11 is 0. The number of carboxylic acids is 1. The molecule has 2 aromatic rings. The van der Waals surface area contributed by atoms with Gasteiger partial charge in [0, 0.05) is 12.6 Å². The maximum absolute atomic E-state index is 13.2. The molecule has 2 rings (SSSR count). The monoisotopic (exact) mass is 461 g/mol. The van der Waals surface area contributed by atoms with Crippen LogP contribution in [0.25, 0.3) is 0 Å². The molecule has 0 fully saturated rings. The van der Waals surface area contributed by atoms with Gasteiger partial charge in [0.2, 0.25) is 11.8 Å². The molecular formula is C21H23N3O7S. The van der Waals surface area contributed by atoms with Gasteiger partial charge in [-0.05, 0) is 35.9 Å². The Hall–Kier alpha value is -3.86. The zero-order valence-corrected chi connectivity index (χ0v) is 18.3. The van der Waals surface area contributed by atoms with Crippen LogP contribution in [0.1, 0.15) is 12.5 Å². The summed E-state index contributed by atoms with van der Waals surface area (Å²) in [5, 5.41) is 14.4. The van der Waals surface area contributed by atoms with Gasteiger partial charge in [-0.1, -0.05) is 24.8 Å². The molecule has 0 bridgehead atoms. The Bertz CT molecular complexity index is 1130. The molecule has 170 valence electrons. The van der Waals surface area contributed by atoms with Crippen molar-refractivity contribution in [3.63, 3.8) is 0 Å². The molecule has 0 saturated carbocycles. The number of aliphatic carboxylic acids is 1. The lowest BCUT2D eigenvalue weighted by Crippen LogP contribution is -2.34. The van der Waals surface area contributed by atoms with E-state index in [0.29, 0.717) is 15.6 Å². The summed E-state index contributed by atoms with van der Waals surface area (Å²) in [6.07, 6.45) is 0. The van der Waals surface area contributed by atoms with Gasteiger partial charge in [0.05, 0.1) is 25.1 Å². The first-order chi connectivity index (χ1) is 15.1. The molecule has 0 spiro atoms. The Morgan fingerprint density at radius 2 is 1.72 bits per heavy atom. The fourth-order valence-corrected chi connectivity index (χ4v) is 4.05. The van der Waals surface area contributed by atoms with E-state index in [9.17, 15) is 27.9 Å². The number of rotatable bonds is 10. The van der Waals surface area contributed by atoms with E-state index in [4.69, 9.17) is 4.74 Å². The smallest absolute Gasteiger partial charge is 0.352 e. The molecule has 2 aromatic carbocycles. The number of hydrogen-bond donors (Lipinski definition) is 3. The van der Waals surface area contributed by atoms with Crippen LogP contribution >= 0.6 is 0 Å². The number of sulfonamides is 1. The fraction of sp³-hybridized carbons (Fsp3) is 0.190. The third-order valence-electron chi connectivity index (χ3n) is 4.30. The van der Waals surface area contributed by atoms with E-state index in [1.54, 1.807) is 18.2 Å². The van der Waals surface area contributed by atoms with Crippen LogP contribution < -0.4 is 15.4 Å². The minimum atomic E-state index is -4.31. The highest BCUT2D eigenvalue weighted by molar-refractivity contribution is 7.89. The fourth-order valence-electron chi connectivity index (χ4n) is 2.64. The van der Waals surface area contributed by atoms with Crippen molar-refractivity contribution in [3.8, 4) is 5.75 Å². The molecule has 0 saturated heterocycles. The van der Waals surface area contributed by atoms with Crippen LogP contribution in [-0.2, 0) is 31.0 Å². The Kier molecular flexibility index (Phi) is 7.97. The van der Waals surface area contributed by atoms with E-state index in [-0.39, 0.29) is 23.0 Å². The quantitative estimate of drug-likeness (QED) is 0.456. The highest BCUT2D eigenvalue weighted by Gasteiger charge is 2.30. The average molecular weight is 461 g/mol. The number of methoxy groups -OCH3 is 1. The number of para-hydroxylation sites is 1. The normalized spacial score (nSPS) is 10.7. The van der Waals surface area contributed by atoms with Crippen molar-refractivity contribution < 1.29 is 32.6 Å². The Morgan fingerprint density at radius 3 is 2.28 bits per heavy atom. The molecule has 0 aromatic heterocycles. The average Bonchev–Trinajstić information content (AvgIpc) is 2.76. The summed E-state index contributed by atoms with van der Waals surface area (Å²) in [4.78, 5) is 34.5. The number of nitrogens with one attached hydrogen (secondary N) is 2. The summed E-state index contributed by atoms with van der Waals surface area (Å²) in [7, 11) is -2.88. The molecule has 10 nitrogen and oxygen atoms in total. The van der Waals surface area contributed by atoms with Gasteiger partial charge < -0.3 is 20.5 Å². The van der Waals surface area contributed by atoms with E-state index in [2.05, 4.69) is 17.2 Å². The van der Waals surface area contributed by atoms with Crippen LogP contribution in [0, 0.1) is 0 Å². The van der Waals surface area contributed by atoms with Gasteiger partial charge in [0.15, 0.2) is 0 Å². The maximum atomic E-state index is 13.2. The van der Waals surface area contributed by atoms with Gasteiger partial charge in [0.1, 0.15) is 11.4 Å². The van der Waals surface area contributed by atoms with E-state index >= 15 is 0 Å². The van der Waals surface area contributed by atoms with Crippen LogP contribution in [0.2, 0.25) is 0 Å². The van der Waals surface area contributed by atoms with Gasteiger partial charge in [-0.2, -0.15) is 0 Å². The number of carbonyl (C=O) groups excluding carboxylic acids is 2. The Morgan fingerprint density at radius 1 is 1.09 bits per heavy atom. The third kappa shape index (κ3) is 6.08. The van der Waals surface area contributed by atoms with Crippen LogP contribution in [0.5, 0.6) is 5.75 Å². The highest BCUT2D eigenvalue weighted by atomic mass is 32.2. The summed E-state index contributed by atoms with van der Waals surface area (Å²) < 4.78 is 32.1. The molecule has 2 amide bonds. The van der Waals surface area contributed by atoms with Crippen LogP contribution in [-0.4, -0.2) is 49.3 Å². The maximum Gasteiger partial charge on any atom is 0.352 e. The van der Waals surface area contributed by atoms with Gasteiger partial charge in [-0.25, -0.2) is 13.2 Å². The van der Waals surface area contributed by atoms with Gasteiger partial charge >= 0.3 is 5.97 Å². The predicted molar refractivity (Wildman–Crippen MR) is 116 cm³/mol. The summed E-state index contributed by atoms with van der Waals surface area (Å²) in [6, 6.07) is 11.7. The number of anilines is 1. The van der Waals surface area contributed by atoms with Crippen LogP contribution in [0.15, 0.2) is 65.7 Å². The highest BCUT2D eigenvalue weighted by Crippen LogP contribution is 2.26. The molecule has 0 atom stereocenters. The zero-order valence-electron chi connectivity index (χ0n) is 17.5. The van der Waals surface area contributed by atoms with Crippen molar-refractivity contribution >= 4 is 33.5 Å². The number of amides is 2. The lowest BCUT2D eigenvalue weighted by molar-refractivity contribution is -0.133. The molecule has 0 radical (unpaired) electrons. The molecular weight excluding hydrogens is 438 g/mol. The third-order valence-corrected chi connectivity index (χ3v) is 6.10. The predicted octanol–water partition coefficient (Wildman–Crippen LogP) is 1.56. The van der Waals surface area contributed by atoms with E-state index in [1.807, 2.05) is 0 Å². The first-order valence-corrected chi connectivity index (χ1v) is 10.7. The molecule has 0 aliphatic carbocycles. The zero-order chi connectivity index (χ0) is 23.9. The topological polar surface area (TPSA) is 142 Å². The lowest BCUT2D eigenvalue weighted by atomic mass is 10.1. The Labute approximate surface area is 185 Å². The van der Waals surface area contributed by atoms with Gasteiger partial charge in [-0.3, -0.25) is 13.9 Å². The van der Waals surface area contributed by atoms with Crippen molar-refractivity contribution in [3.05, 3.63) is 66.4 Å². The number of carboxylic acid groups (broad SMARTS) is 1. The molecule has 0 aliphatic rings. The van der Waals surface area contributed by atoms with E-state index < -0.39 is 34.1 Å². The number of nitrogens with zero attached hydrogens (tertiary/aromatic N) is 1. The van der Waals surface area contributed by atoms with Crippen molar-refractivity contribution in [1.29, 1.82) is 0 Å². The second kappa shape index (κ2) is 10.4. The van der Waals surface area contributed by atoms with Crippen molar-refractivity contribution in [1.82, 2.24) is 9.62 Å². The van der Waals surface area contributed by atoms with Crippen molar-refractivity contribution in [2.45, 2.75) is 18.4 Å². The molecule has 32 heavy (non-hydrogen) atoms. The second-order valence-electron chi connectivity index (χ2n) is 6.55. The van der Waals surface area contributed by atoms with Crippen LogP contribution in [0.4, 0.5) is 5.69 Å². The first kappa shape index (κ1) is 24.4. The molecule has 3 N–H and O–H groups in total. The van der Waals surface area contributed by atoms with Crippen molar-refractivity contribution in [2.75, 3.05) is 19.0 Å². The summed E-state index contributed by atoms with van der Waals surface area (Å²) in [5.41, 5.74) is -0.0840. The number of benzene rings is 2. The molecule has 0 unspecified atom stereocenters. The van der Waals surface area contributed by atoms with Crippen LogP contribution in [0.3, 0.4) is 0 Å². The first-order valence-electron chi connectivity index (χ1n) is 9.27. The van der Waals surface area contributed by atoms with E-state index in [1.165, 1.54) is 44.4 Å². The second-order valence-corrected chi connectivity index (χ2v) is 8.42. The SMILES string of the molecule is C=C(C(=O)O)N(Cc1ccccc1NC(=O)CNC(C)=O)S(=O)(=O)c1ccc(OC)cc1. The Balaban J connectivity index is 2.40. The number of carbonyl (C=O) groups is 3. The largest absolute Gasteiger partial charge is 0.497 e. The standard InChI is InChI=1S/C21H23N3O7S/c1-14(21(27)28)24(32(29,30)18-10-8-17(31-3)9-11-18)13-16-6-4-5-7-19(16)23-20(26)12-22-15(2)25/h4-11H,1,12-13H2,2-3H3,(H,22,25)(H,23,26)(H,27,28). The van der Waals surface area contributed by atoms with Gasteiger partial charge in [-0.15, -0.1) is 0 Å². The van der Waals surface area contributed by atoms with E-state index in [0.717, 1.165) is 0 Å². The lowest BCUT2D eigenvalue weighted by Gasteiger charge is -2.25. The van der Waals surface area contributed by atoms with Crippen molar-refractivity contribution in [2.24, 2.45) is 0 Å². The van der Waals surface area contributed by atoms with Gasteiger partial charge in [0.25, 0.3) is 10.0 Å². The number of ether oxygens (including phenoxy) is 1. The molecule has 0 heterocycles. The summed E-state index contributed by atoms with van der Waals surface area (Å²) in [6.45, 7) is 3.98. The molecule has 0 aliphatic heterocycles. The minimum absolute atomic E-state index is 0.159. The number of hydrogen-bond acceptors (Lipinski definition) is 6. The molecule has 11 heteroatoms. The summed E-state index contributed by atoms with van der Waals surface area (Å²) in [5.74, 6) is -2.01. The minimum Gasteiger partial charge on any atom is -0.497 e.